The highest BCUT2D eigenvalue weighted by atomic mass is 32.2. The van der Waals surface area contributed by atoms with E-state index in [4.69, 9.17) is 10.2 Å². The van der Waals surface area contributed by atoms with Gasteiger partial charge in [0.2, 0.25) is 0 Å². The van der Waals surface area contributed by atoms with Crippen molar-refractivity contribution in [1.29, 1.82) is 0 Å². The summed E-state index contributed by atoms with van der Waals surface area (Å²) in [4.78, 5) is 0. The molecule has 0 fully saturated rings. The van der Waals surface area contributed by atoms with Crippen LogP contribution in [0, 0.1) is 5.92 Å². The van der Waals surface area contributed by atoms with E-state index < -0.39 is 10.8 Å². The predicted octanol–water partition coefficient (Wildman–Crippen LogP) is 2.03. The minimum absolute atomic E-state index is 0.401. The molecule has 3 nitrogen and oxygen atoms in total. The van der Waals surface area contributed by atoms with Crippen molar-refractivity contribution in [2.45, 2.75) is 32.6 Å². The van der Waals surface area contributed by atoms with E-state index in [0.717, 1.165) is 23.7 Å². The average molecular weight is 229 g/mol. The fraction of sp³-hybridized carbons (Fsp3) is 0.636. The topological polar surface area (TPSA) is 56.2 Å². The molecule has 0 aliphatic carbocycles. The average Bonchev–Trinajstić information content (AvgIpc) is 2.62. The van der Waals surface area contributed by atoms with Gasteiger partial charge in [0, 0.05) is 16.6 Å². The third-order valence-corrected chi connectivity index (χ3v) is 3.44. The van der Waals surface area contributed by atoms with Crippen molar-refractivity contribution < 1.29 is 8.63 Å². The molecule has 0 radical (unpaired) electrons. The van der Waals surface area contributed by atoms with Crippen molar-refractivity contribution in [2.75, 3.05) is 5.75 Å². The maximum Gasteiger partial charge on any atom is 0.117 e. The maximum atomic E-state index is 11.6. The van der Waals surface area contributed by atoms with E-state index in [1.165, 1.54) is 0 Å². The van der Waals surface area contributed by atoms with Crippen LogP contribution >= 0.6 is 0 Å². The lowest BCUT2D eigenvalue weighted by atomic mass is 10.2. The standard InChI is InChI=1S/C11H19NO2S/c1-9(2)5-6-15(13)8-11-4-3-10(7-12)14-11/h3-4,9H,5-8,12H2,1-2H3. The highest BCUT2D eigenvalue weighted by Gasteiger charge is 2.06. The van der Waals surface area contributed by atoms with Gasteiger partial charge in [-0.1, -0.05) is 13.8 Å². The van der Waals surface area contributed by atoms with Crippen LogP contribution in [-0.2, 0) is 23.1 Å². The second kappa shape index (κ2) is 6.08. The zero-order valence-electron chi connectivity index (χ0n) is 9.36. The molecule has 1 atom stereocenters. The van der Waals surface area contributed by atoms with E-state index in [-0.39, 0.29) is 0 Å². The Morgan fingerprint density at radius 2 is 2.07 bits per heavy atom. The van der Waals surface area contributed by atoms with E-state index in [9.17, 15) is 4.21 Å². The summed E-state index contributed by atoms with van der Waals surface area (Å²) in [5.74, 6) is 3.39. The summed E-state index contributed by atoms with van der Waals surface area (Å²) in [6.07, 6.45) is 0.997. The lowest BCUT2D eigenvalue weighted by molar-refractivity contribution is 0.480. The molecule has 1 aromatic heterocycles. The maximum absolute atomic E-state index is 11.6. The Hall–Kier alpha value is -0.610. The van der Waals surface area contributed by atoms with Gasteiger partial charge in [0.25, 0.3) is 0 Å². The minimum atomic E-state index is -0.815. The Labute approximate surface area is 93.5 Å². The minimum Gasteiger partial charge on any atom is -0.464 e. The summed E-state index contributed by atoms with van der Waals surface area (Å²) in [5.41, 5.74) is 5.42. The third kappa shape index (κ3) is 4.62. The van der Waals surface area contributed by atoms with Gasteiger partial charge >= 0.3 is 0 Å². The normalized spacial score (nSPS) is 13.3. The van der Waals surface area contributed by atoms with Gasteiger partial charge in [-0.05, 0) is 24.5 Å². The molecule has 2 N–H and O–H groups in total. The summed E-state index contributed by atoms with van der Waals surface area (Å²) in [6, 6.07) is 3.70. The Morgan fingerprint density at radius 3 is 2.60 bits per heavy atom. The van der Waals surface area contributed by atoms with Crippen LogP contribution in [0.2, 0.25) is 0 Å². The predicted molar refractivity (Wildman–Crippen MR) is 62.8 cm³/mol. The second-order valence-corrected chi connectivity index (χ2v) is 5.62. The molecule has 0 aromatic carbocycles. The Balaban J connectivity index is 2.37. The SMILES string of the molecule is CC(C)CCS(=O)Cc1ccc(CN)o1. The van der Waals surface area contributed by atoms with Crippen LogP contribution < -0.4 is 5.73 Å². The zero-order valence-corrected chi connectivity index (χ0v) is 10.2. The molecule has 4 heteroatoms. The third-order valence-electron chi connectivity index (χ3n) is 2.14. The van der Waals surface area contributed by atoms with Crippen LogP contribution in [-0.4, -0.2) is 9.96 Å². The molecule has 0 spiro atoms. The van der Waals surface area contributed by atoms with Crippen molar-refractivity contribution in [3.8, 4) is 0 Å². The van der Waals surface area contributed by atoms with E-state index in [1.807, 2.05) is 12.1 Å². The van der Waals surface area contributed by atoms with Gasteiger partial charge in [-0.15, -0.1) is 0 Å². The van der Waals surface area contributed by atoms with Crippen molar-refractivity contribution in [3.05, 3.63) is 23.7 Å². The van der Waals surface area contributed by atoms with Gasteiger partial charge in [-0.2, -0.15) is 0 Å². The smallest absolute Gasteiger partial charge is 0.117 e. The number of rotatable bonds is 6. The van der Waals surface area contributed by atoms with E-state index >= 15 is 0 Å². The summed E-state index contributed by atoms with van der Waals surface area (Å²) in [7, 11) is -0.815. The van der Waals surface area contributed by atoms with Crippen LogP contribution in [0.3, 0.4) is 0 Å². The molecule has 0 aliphatic heterocycles. The van der Waals surface area contributed by atoms with Crippen LogP contribution in [0.5, 0.6) is 0 Å². The molecule has 1 rings (SSSR count). The summed E-state index contributed by atoms with van der Waals surface area (Å²) in [5, 5.41) is 0. The largest absolute Gasteiger partial charge is 0.464 e. The second-order valence-electron chi connectivity index (χ2n) is 4.04. The molecular weight excluding hydrogens is 210 g/mol. The van der Waals surface area contributed by atoms with Gasteiger partial charge in [0.1, 0.15) is 11.5 Å². The van der Waals surface area contributed by atoms with Gasteiger partial charge in [-0.3, -0.25) is 4.21 Å². The van der Waals surface area contributed by atoms with Crippen molar-refractivity contribution in [3.63, 3.8) is 0 Å². The van der Waals surface area contributed by atoms with Crippen molar-refractivity contribution in [2.24, 2.45) is 11.7 Å². The first-order chi connectivity index (χ1) is 7.11. The van der Waals surface area contributed by atoms with Gasteiger partial charge in [0.15, 0.2) is 0 Å². The zero-order chi connectivity index (χ0) is 11.3. The fourth-order valence-corrected chi connectivity index (χ4v) is 2.56. The number of hydrogen-bond donors (Lipinski definition) is 1. The monoisotopic (exact) mass is 229 g/mol. The van der Waals surface area contributed by atoms with Gasteiger partial charge < -0.3 is 10.2 Å². The molecule has 1 heterocycles. The first-order valence-electron chi connectivity index (χ1n) is 5.24. The Bertz CT molecular complexity index is 320. The first kappa shape index (κ1) is 12.5. The highest BCUT2D eigenvalue weighted by molar-refractivity contribution is 7.84. The van der Waals surface area contributed by atoms with Gasteiger partial charge in [0.05, 0.1) is 12.3 Å². The molecule has 0 bridgehead atoms. The van der Waals surface area contributed by atoms with E-state index in [1.54, 1.807) is 0 Å². The number of furan rings is 1. The number of nitrogens with two attached hydrogens (primary N) is 1. The molecule has 0 saturated carbocycles. The van der Waals surface area contributed by atoms with Crippen LogP contribution in [0.25, 0.3) is 0 Å². The van der Waals surface area contributed by atoms with Crippen LogP contribution in [0.4, 0.5) is 0 Å². The van der Waals surface area contributed by atoms with Crippen LogP contribution in [0.1, 0.15) is 31.8 Å². The Morgan fingerprint density at radius 1 is 1.40 bits per heavy atom. The molecule has 0 amide bonds. The molecular formula is C11H19NO2S. The van der Waals surface area contributed by atoms with Crippen molar-refractivity contribution >= 4 is 10.8 Å². The molecule has 0 saturated heterocycles. The lowest BCUT2D eigenvalue weighted by Gasteiger charge is -2.03. The Kier molecular flexibility index (Phi) is 5.05. The molecule has 15 heavy (non-hydrogen) atoms. The fourth-order valence-electron chi connectivity index (χ4n) is 1.21. The summed E-state index contributed by atoms with van der Waals surface area (Å²) >= 11 is 0. The molecule has 1 aromatic rings. The molecule has 1 unspecified atom stereocenters. The van der Waals surface area contributed by atoms with E-state index in [0.29, 0.717) is 18.2 Å². The molecule has 0 aliphatic rings. The summed E-state index contributed by atoms with van der Waals surface area (Å²) in [6.45, 7) is 4.67. The van der Waals surface area contributed by atoms with Crippen LogP contribution in [0.15, 0.2) is 16.5 Å². The van der Waals surface area contributed by atoms with Crippen molar-refractivity contribution in [1.82, 2.24) is 0 Å². The molecule has 86 valence electrons. The lowest BCUT2D eigenvalue weighted by Crippen LogP contribution is -2.03. The quantitative estimate of drug-likeness (QED) is 0.812. The highest BCUT2D eigenvalue weighted by Crippen LogP contribution is 2.11. The first-order valence-corrected chi connectivity index (χ1v) is 6.73. The number of hydrogen-bond acceptors (Lipinski definition) is 3. The summed E-state index contributed by atoms with van der Waals surface area (Å²) < 4.78 is 17.0. The van der Waals surface area contributed by atoms with Gasteiger partial charge in [-0.25, -0.2) is 0 Å². The van der Waals surface area contributed by atoms with E-state index in [2.05, 4.69) is 13.8 Å².